The Labute approximate surface area is 183 Å². The van der Waals surface area contributed by atoms with Gasteiger partial charge < -0.3 is 10.2 Å². The van der Waals surface area contributed by atoms with Crippen molar-refractivity contribution in [3.63, 3.8) is 0 Å². The molecule has 162 valence electrons. The van der Waals surface area contributed by atoms with Crippen molar-refractivity contribution in [1.29, 1.82) is 0 Å². The second-order valence-corrected chi connectivity index (χ2v) is 10.2. The van der Waals surface area contributed by atoms with Crippen LogP contribution in [0, 0.1) is 12.8 Å². The third kappa shape index (κ3) is 5.53. The van der Waals surface area contributed by atoms with Crippen LogP contribution in [0.15, 0.2) is 47.4 Å². The molecular weight excluding hydrogens is 422 g/mol. The molecule has 1 atom stereocenters. The highest BCUT2D eigenvalue weighted by molar-refractivity contribution is 7.89. The first-order chi connectivity index (χ1) is 14.2. The molecule has 0 aliphatic carbocycles. The minimum atomic E-state index is -3.56. The van der Waals surface area contributed by atoms with Gasteiger partial charge in [-0.15, -0.1) is 0 Å². The number of hydrogen-bond donors (Lipinski definition) is 2. The molecule has 3 rings (SSSR count). The molecule has 1 heterocycles. The highest BCUT2D eigenvalue weighted by Gasteiger charge is 2.24. The van der Waals surface area contributed by atoms with Gasteiger partial charge in [0.25, 0.3) is 5.91 Å². The molecule has 1 aliphatic heterocycles. The molecular formula is C22H28ClN3O3S. The standard InChI is InChI=1S/C22H28ClN3O3S/c1-15(2)25-30(28,29)20-8-5-18(6-9-20)22(27)24-13-17-10-11-26(14-17)21-12-19(23)7-4-16(21)3/h4-9,12,15,17,25H,10-11,13-14H2,1-3H3,(H,24,27). The van der Waals surface area contributed by atoms with Gasteiger partial charge in [0.2, 0.25) is 10.0 Å². The molecule has 0 aromatic heterocycles. The summed E-state index contributed by atoms with van der Waals surface area (Å²) in [4.78, 5) is 14.9. The van der Waals surface area contributed by atoms with E-state index in [-0.39, 0.29) is 16.8 Å². The lowest BCUT2D eigenvalue weighted by Crippen LogP contribution is -2.31. The van der Waals surface area contributed by atoms with Gasteiger partial charge in [0, 0.05) is 41.9 Å². The molecule has 0 spiro atoms. The lowest BCUT2D eigenvalue weighted by Gasteiger charge is -2.21. The van der Waals surface area contributed by atoms with Crippen molar-refractivity contribution in [2.24, 2.45) is 5.92 Å². The molecule has 0 saturated carbocycles. The van der Waals surface area contributed by atoms with Crippen molar-refractivity contribution >= 4 is 33.2 Å². The predicted octanol–water partition coefficient (Wildman–Crippen LogP) is 3.59. The Bertz CT molecular complexity index is 1010. The summed E-state index contributed by atoms with van der Waals surface area (Å²) < 4.78 is 26.9. The Morgan fingerprint density at radius 1 is 1.20 bits per heavy atom. The molecule has 1 saturated heterocycles. The van der Waals surface area contributed by atoms with E-state index in [0.717, 1.165) is 30.2 Å². The third-order valence-corrected chi connectivity index (χ3v) is 7.08. The number of aryl methyl sites for hydroxylation is 1. The fourth-order valence-electron chi connectivity index (χ4n) is 3.64. The number of sulfonamides is 1. The highest BCUT2D eigenvalue weighted by Crippen LogP contribution is 2.29. The minimum Gasteiger partial charge on any atom is -0.371 e. The van der Waals surface area contributed by atoms with Gasteiger partial charge in [0.15, 0.2) is 0 Å². The summed E-state index contributed by atoms with van der Waals surface area (Å²) in [5, 5.41) is 3.70. The normalized spacial score (nSPS) is 16.8. The number of carbonyl (C=O) groups excluding carboxylic acids is 1. The lowest BCUT2D eigenvalue weighted by molar-refractivity contribution is 0.0948. The van der Waals surface area contributed by atoms with Gasteiger partial charge in [-0.25, -0.2) is 13.1 Å². The maximum Gasteiger partial charge on any atom is 0.251 e. The SMILES string of the molecule is Cc1ccc(Cl)cc1N1CCC(CNC(=O)c2ccc(S(=O)(=O)NC(C)C)cc2)C1. The van der Waals surface area contributed by atoms with Crippen LogP contribution in [0.3, 0.4) is 0 Å². The second-order valence-electron chi connectivity index (χ2n) is 8.04. The molecule has 6 nitrogen and oxygen atoms in total. The van der Waals surface area contributed by atoms with Crippen molar-refractivity contribution in [3.8, 4) is 0 Å². The fourth-order valence-corrected chi connectivity index (χ4v) is 5.06. The molecule has 1 amide bonds. The number of anilines is 1. The third-order valence-electron chi connectivity index (χ3n) is 5.17. The van der Waals surface area contributed by atoms with Crippen LogP contribution in [0.4, 0.5) is 5.69 Å². The highest BCUT2D eigenvalue weighted by atomic mass is 35.5. The van der Waals surface area contributed by atoms with Crippen LogP contribution >= 0.6 is 11.6 Å². The summed E-state index contributed by atoms with van der Waals surface area (Å²) in [7, 11) is -3.56. The van der Waals surface area contributed by atoms with Gasteiger partial charge in [0.05, 0.1) is 4.90 Å². The van der Waals surface area contributed by atoms with Crippen LogP contribution < -0.4 is 14.9 Å². The van der Waals surface area contributed by atoms with Crippen LogP contribution in [0.1, 0.15) is 36.2 Å². The summed E-state index contributed by atoms with van der Waals surface area (Å²) in [6, 6.07) is 11.7. The molecule has 1 unspecified atom stereocenters. The molecule has 2 aromatic rings. The van der Waals surface area contributed by atoms with Crippen LogP contribution in [-0.2, 0) is 10.0 Å². The van der Waals surface area contributed by atoms with E-state index >= 15 is 0 Å². The van der Waals surface area contributed by atoms with Gasteiger partial charge in [-0.2, -0.15) is 0 Å². The number of rotatable bonds is 7. The number of nitrogens with one attached hydrogen (secondary N) is 2. The zero-order valence-corrected chi connectivity index (χ0v) is 19.1. The maximum absolute atomic E-state index is 12.5. The van der Waals surface area contributed by atoms with Crippen LogP contribution in [-0.4, -0.2) is 40.0 Å². The van der Waals surface area contributed by atoms with Crippen molar-refractivity contribution in [2.75, 3.05) is 24.5 Å². The molecule has 30 heavy (non-hydrogen) atoms. The molecule has 8 heteroatoms. The number of halogens is 1. The average Bonchev–Trinajstić information content (AvgIpc) is 3.16. The second kappa shape index (κ2) is 9.37. The Hall–Kier alpha value is -2.09. The first kappa shape index (κ1) is 22.6. The molecule has 1 fully saturated rings. The molecule has 2 N–H and O–H groups in total. The van der Waals surface area contributed by atoms with Crippen LogP contribution in [0.5, 0.6) is 0 Å². The van der Waals surface area contributed by atoms with Gasteiger partial charge in [-0.05, 0) is 75.1 Å². The molecule has 0 radical (unpaired) electrons. The summed E-state index contributed by atoms with van der Waals surface area (Å²) in [5.74, 6) is 0.148. The smallest absolute Gasteiger partial charge is 0.251 e. The van der Waals surface area contributed by atoms with E-state index in [1.807, 2.05) is 18.2 Å². The zero-order valence-electron chi connectivity index (χ0n) is 17.5. The molecule has 0 bridgehead atoms. The number of amides is 1. The van der Waals surface area contributed by atoms with E-state index < -0.39 is 10.0 Å². The van der Waals surface area contributed by atoms with E-state index in [0.29, 0.717) is 18.0 Å². The zero-order chi connectivity index (χ0) is 21.9. The van der Waals surface area contributed by atoms with E-state index in [9.17, 15) is 13.2 Å². The Morgan fingerprint density at radius 3 is 2.57 bits per heavy atom. The number of carbonyl (C=O) groups is 1. The Balaban J connectivity index is 1.55. The van der Waals surface area contributed by atoms with E-state index in [2.05, 4.69) is 21.9 Å². The fraction of sp³-hybridized carbons (Fsp3) is 0.409. The van der Waals surface area contributed by atoms with E-state index in [1.165, 1.54) is 17.7 Å². The number of benzene rings is 2. The van der Waals surface area contributed by atoms with E-state index in [4.69, 9.17) is 11.6 Å². The quantitative estimate of drug-likeness (QED) is 0.677. The van der Waals surface area contributed by atoms with Crippen molar-refractivity contribution in [1.82, 2.24) is 10.0 Å². The average molecular weight is 450 g/mol. The monoisotopic (exact) mass is 449 g/mol. The predicted molar refractivity (Wildman–Crippen MR) is 121 cm³/mol. The first-order valence-corrected chi connectivity index (χ1v) is 11.9. The van der Waals surface area contributed by atoms with Gasteiger partial charge in [0.1, 0.15) is 0 Å². The Kier molecular flexibility index (Phi) is 7.06. The maximum atomic E-state index is 12.5. The van der Waals surface area contributed by atoms with Gasteiger partial charge in [-0.1, -0.05) is 17.7 Å². The largest absolute Gasteiger partial charge is 0.371 e. The molecule has 1 aliphatic rings. The van der Waals surface area contributed by atoms with Crippen molar-refractivity contribution in [2.45, 2.75) is 38.1 Å². The topological polar surface area (TPSA) is 78.5 Å². The lowest BCUT2D eigenvalue weighted by atomic mass is 10.1. The van der Waals surface area contributed by atoms with Crippen LogP contribution in [0.2, 0.25) is 5.02 Å². The summed E-state index contributed by atoms with van der Waals surface area (Å²) in [5.41, 5.74) is 2.77. The number of nitrogens with zero attached hydrogens (tertiary/aromatic N) is 1. The van der Waals surface area contributed by atoms with Crippen LogP contribution in [0.25, 0.3) is 0 Å². The molecule has 2 aromatic carbocycles. The van der Waals surface area contributed by atoms with E-state index in [1.54, 1.807) is 26.0 Å². The first-order valence-electron chi connectivity index (χ1n) is 10.1. The van der Waals surface area contributed by atoms with Gasteiger partial charge in [-0.3, -0.25) is 4.79 Å². The van der Waals surface area contributed by atoms with Crippen molar-refractivity contribution in [3.05, 3.63) is 58.6 Å². The number of hydrogen-bond acceptors (Lipinski definition) is 4. The summed E-state index contributed by atoms with van der Waals surface area (Å²) >= 11 is 6.14. The summed E-state index contributed by atoms with van der Waals surface area (Å²) in [6.45, 7) is 7.95. The minimum absolute atomic E-state index is 0.149. The summed E-state index contributed by atoms with van der Waals surface area (Å²) in [6.07, 6.45) is 0.990. The van der Waals surface area contributed by atoms with Gasteiger partial charge >= 0.3 is 0 Å². The Morgan fingerprint density at radius 2 is 1.90 bits per heavy atom. The van der Waals surface area contributed by atoms with Crippen molar-refractivity contribution < 1.29 is 13.2 Å².